The number of aromatic amines is 1. The van der Waals surface area contributed by atoms with Gasteiger partial charge in [0.1, 0.15) is 42.7 Å². The van der Waals surface area contributed by atoms with Crippen LogP contribution in [0.15, 0.2) is 30.5 Å². The summed E-state index contributed by atoms with van der Waals surface area (Å²) >= 11 is 0. The van der Waals surface area contributed by atoms with E-state index in [9.17, 15) is 57.8 Å². The van der Waals surface area contributed by atoms with Crippen molar-refractivity contribution < 1.29 is 57.8 Å². The van der Waals surface area contributed by atoms with Crippen molar-refractivity contribution in [3.8, 4) is 0 Å². The molecule has 0 unspecified atom stereocenters. The number of fused-ring (bicyclic) bond motifs is 1. The Morgan fingerprint density at radius 3 is 1.92 bits per heavy atom. The molecule has 4 rings (SSSR count). The summed E-state index contributed by atoms with van der Waals surface area (Å²) in [7, 11) is 0. The number of hydrogen-bond donors (Lipinski definition) is 9. The second kappa shape index (κ2) is 28.8. The van der Waals surface area contributed by atoms with Gasteiger partial charge in [-0.05, 0) is 68.9 Å². The largest absolute Gasteiger partial charge is 0.481 e. The minimum absolute atomic E-state index is 0.0966. The van der Waals surface area contributed by atoms with Gasteiger partial charge in [0.15, 0.2) is 0 Å². The second-order valence-corrected chi connectivity index (χ2v) is 19.1. The minimum atomic E-state index is -1.88. The number of carboxylic acid groups (broad SMARTS) is 1. The van der Waals surface area contributed by atoms with E-state index in [1.165, 1.54) is 4.90 Å². The van der Waals surface area contributed by atoms with Crippen molar-refractivity contribution in [1.29, 1.82) is 0 Å². The molecule has 2 fully saturated rings. The summed E-state index contributed by atoms with van der Waals surface area (Å²) in [4.78, 5) is 152. The van der Waals surface area contributed by atoms with Gasteiger partial charge in [0.25, 0.3) is 5.91 Å². The highest BCUT2D eigenvalue weighted by Gasteiger charge is 2.39. The van der Waals surface area contributed by atoms with Gasteiger partial charge in [-0.1, -0.05) is 71.6 Å². The monoisotopic (exact) mass is 1010 g/mol. The highest BCUT2D eigenvalue weighted by molar-refractivity contribution is 6.35. The summed E-state index contributed by atoms with van der Waals surface area (Å²) in [5.41, 5.74) is 6.82. The van der Waals surface area contributed by atoms with E-state index in [4.69, 9.17) is 5.73 Å². The van der Waals surface area contributed by atoms with Crippen LogP contribution < -0.4 is 37.6 Å². The Morgan fingerprint density at radius 2 is 1.32 bits per heavy atom. The van der Waals surface area contributed by atoms with Gasteiger partial charge < -0.3 is 57.5 Å². The number of carbonyl (C=O) groups excluding carboxylic acids is 10. The highest BCUT2D eigenvalue weighted by atomic mass is 16.4. The molecule has 72 heavy (non-hydrogen) atoms. The fraction of sp³-hybridized carbons (Fsp3) is 0.620. The van der Waals surface area contributed by atoms with E-state index in [0.717, 1.165) is 35.7 Å². The molecular weight excluding hydrogens is 933 g/mol. The van der Waals surface area contributed by atoms with Gasteiger partial charge in [0.05, 0.1) is 6.42 Å². The molecule has 10 N–H and O–H groups in total. The van der Waals surface area contributed by atoms with Crippen molar-refractivity contribution in [1.82, 2.24) is 46.7 Å². The Morgan fingerprint density at radius 1 is 0.722 bits per heavy atom. The van der Waals surface area contributed by atoms with Crippen LogP contribution in [0.2, 0.25) is 0 Å². The third-order valence-corrected chi connectivity index (χ3v) is 12.9. The molecule has 2 aromatic rings. The van der Waals surface area contributed by atoms with Crippen LogP contribution in [-0.2, 0) is 59.2 Å². The molecule has 9 amide bonds. The van der Waals surface area contributed by atoms with Crippen LogP contribution in [0.4, 0.5) is 0 Å². The zero-order valence-electron chi connectivity index (χ0n) is 42.0. The van der Waals surface area contributed by atoms with E-state index >= 15 is 0 Å². The number of ketones is 1. The van der Waals surface area contributed by atoms with E-state index in [-0.39, 0.29) is 37.6 Å². The van der Waals surface area contributed by atoms with E-state index in [0.29, 0.717) is 64.1 Å². The number of H-pyrrole nitrogens is 1. The van der Waals surface area contributed by atoms with Crippen LogP contribution in [0.25, 0.3) is 10.9 Å². The lowest BCUT2D eigenvalue weighted by molar-refractivity contribution is -0.143. The lowest BCUT2D eigenvalue weighted by Crippen LogP contribution is -2.58. The summed E-state index contributed by atoms with van der Waals surface area (Å²) in [6, 6.07) is -0.142. The molecular formula is C50H74N10O12. The van der Waals surface area contributed by atoms with Crippen LogP contribution in [0, 0.1) is 5.92 Å². The molecule has 0 aliphatic carbocycles. The minimum Gasteiger partial charge on any atom is -0.481 e. The Balaban J connectivity index is 1.46. The standard InChI is InChI=1S/C50H74N10O12/c1-5-7-15-34(45(67)52-22-21-30(3)4)55-46(68)35(16-8-6-2)56-47(69)36(19-20-40(61)44(51)66)57-48(70)37(27-43(64)65)54-41(62)28-42(63)60-25-13-18-39(60)49(71)58-38(50(72)59-23-11-12-24-59)26-31-29-53-33-17-10-9-14-32(31)33/h9-10,14,17,29-30,34-39,53H,5-8,11-13,15-16,18-28H2,1-4H3,(H2,51,66)(H,52,67)(H,54,62)(H,55,68)(H,56,69)(H,57,70)(H,58,71)(H,64,65)/t34-,35-,36-,37+,38-,39-/m0/s1. The third-order valence-electron chi connectivity index (χ3n) is 12.9. The van der Waals surface area contributed by atoms with Gasteiger partial charge in [-0.2, -0.15) is 0 Å². The van der Waals surface area contributed by atoms with Crippen LogP contribution in [0.5, 0.6) is 0 Å². The molecule has 2 saturated heterocycles. The molecule has 2 aliphatic rings. The van der Waals surface area contributed by atoms with E-state index in [2.05, 4.69) is 36.9 Å². The molecule has 0 saturated carbocycles. The number of para-hydroxylation sites is 1. The average Bonchev–Trinajstić information content (AvgIpc) is 4.14. The topological polar surface area (TPSA) is 328 Å². The molecule has 0 bridgehead atoms. The Bertz CT molecular complexity index is 2260. The number of nitrogens with one attached hydrogen (secondary N) is 7. The molecule has 1 aromatic heterocycles. The van der Waals surface area contributed by atoms with E-state index < -0.39 is 115 Å². The highest BCUT2D eigenvalue weighted by Crippen LogP contribution is 2.23. The maximum atomic E-state index is 14.0. The molecule has 6 atom stereocenters. The predicted octanol–water partition coefficient (Wildman–Crippen LogP) is 0.990. The number of likely N-dealkylation sites (tertiary alicyclic amines) is 2. The average molecular weight is 1010 g/mol. The number of carboxylic acids is 1. The van der Waals surface area contributed by atoms with Crippen molar-refractivity contribution in [2.45, 2.75) is 167 Å². The first-order chi connectivity index (χ1) is 34.3. The summed E-state index contributed by atoms with van der Waals surface area (Å²) in [5.74, 6) is -9.63. The van der Waals surface area contributed by atoms with Gasteiger partial charge >= 0.3 is 5.97 Å². The third kappa shape index (κ3) is 17.8. The van der Waals surface area contributed by atoms with Crippen LogP contribution in [0.1, 0.15) is 130 Å². The number of Topliss-reactive ketones (excluding diaryl/α,β-unsaturated/α-hetero) is 1. The van der Waals surface area contributed by atoms with Gasteiger partial charge in [0.2, 0.25) is 53.0 Å². The fourth-order valence-corrected chi connectivity index (χ4v) is 8.80. The van der Waals surface area contributed by atoms with Gasteiger partial charge in [-0.3, -0.25) is 52.7 Å². The zero-order valence-corrected chi connectivity index (χ0v) is 42.0. The normalized spacial score (nSPS) is 16.5. The molecule has 2 aliphatic heterocycles. The Hall–Kier alpha value is -6.87. The molecule has 22 nitrogen and oxygen atoms in total. The number of unbranched alkanes of at least 4 members (excludes halogenated alkanes) is 2. The molecule has 22 heteroatoms. The number of aliphatic carboxylic acids is 1. The van der Waals surface area contributed by atoms with Crippen molar-refractivity contribution in [3.63, 3.8) is 0 Å². The number of benzene rings is 1. The number of nitrogens with zero attached hydrogens (tertiary/aromatic N) is 2. The first kappa shape index (κ1) is 57.7. The van der Waals surface area contributed by atoms with Crippen molar-refractivity contribution in [2.75, 3.05) is 26.2 Å². The van der Waals surface area contributed by atoms with Gasteiger partial charge in [0, 0.05) is 56.1 Å². The number of amides is 9. The molecule has 0 radical (unpaired) electrons. The number of primary amides is 1. The SMILES string of the molecule is CCCC[C@H](NC(=O)[C@H](CCCC)NC(=O)[C@H](CCC(=O)C(N)=O)NC(=O)[C@@H](CC(=O)O)NC(=O)CC(=O)N1CCC[C@H]1C(=O)N[C@@H](Cc1c[nH]c2ccccc12)C(=O)N1CCCC1)C(=O)NCCC(C)C. The van der Waals surface area contributed by atoms with Gasteiger partial charge in [-0.25, -0.2) is 0 Å². The van der Waals surface area contributed by atoms with Crippen molar-refractivity contribution >= 4 is 75.8 Å². The van der Waals surface area contributed by atoms with Crippen LogP contribution in [-0.4, -0.2) is 147 Å². The first-order valence-electron chi connectivity index (χ1n) is 25.3. The van der Waals surface area contributed by atoms with E-state index in [1.807, 2.05) is 52.0 Å². The van der Waals surface area contributed by atoms with Crippen molar-refractivity contribution in [2.24, 2.45) is 11.7 Å². The second-order valence-electron chi connectivity index (χ2n) is 19.1. The zero-order chi connectivity index (χ0) is 52.9. The Kier molecular flexibility index (Phi) is 23.1. The van der Waals surface area contributed by atoms with Crippen LogP contribution in [0.3, 0.4) is 0 Å². The van der Waals surface area contributed by atoms with Crippen LogP contribution >= 0.6 is 0 Å². The Labute approximate surface area is 419 Å². The molecule has 1 aromatic carbocycles. The molecule has 396 valence electrons. The van der Waals surface area contributed by atoms with Crippen molar-refractivity contribution in [3.05, 3.63) is 36.0 Å². The molecule has 0 spiro atoms. The smallest absolute Gasteiger partial charge is 0.305 e. The summed E-state index contributed by atoms with van der Waals surface area (Å²) < 4.78 is 0. The molecule has 3 heterocycles. The number of nitrogens with two attached hydrogens (primary N) is 1. The number of carbonyl (C=O) groups is 11. The summed E-state index contributed by atoms with van der Waals surface area (Å²) in [6.07, 6.45) is 4.74. The predicted molar refractivity (Wildman–Crippen MR) is 264 cm³/mol. The summed E-state index contributed by atoms with van der Waals surface area (Å²) in [6.45, 7) is 9.39. The maximum absolute atomic E-state index is 14.0. The van der Waals surface area contributed by atoms with Gasteiger partial charge in [-0.15, -0.1) is 0 Å². The fourth-order valence-electron chi connectivity index (χ4n) is 8.80. The number of rotatable bonds is 30. The summed E-state index contributed by atoms with van der Waals surface area (Å²) in [5, 5.41) is 26.3. The number of hydrogen-bond acceptors (Lipinski definition) is 11. The lowest BCUT2D eigenvalue weighted by atomic mass is 10.0. The maximum Gasteiger partial charge on any atom is 0.305 e. The lowest BCUT2D eigenvalue weighted by Gasteiger charge is -2.28. The first-order valence-corrected chi connectivity index (χ1v) is 25.3. The quantitative estimate of drug-likeness (QED) is 0.0391. The number of aromatic nitrogens is 1. The van der Waals surface area contributed by atoms with E-state index in [1.54, 1.807) is 11.1 Å².